The molecule has 0 spiro atoms. The lowest BCUT2D eigenvalue weighted by Crippen LogP contribution is -2.48. The van der Waals surface area contributed by atoms with Crippen LogP contribution in [0.25, 0.3) is 10.8 Å². The van der Waals surface area contributed by atoms with Gasteiger partial charge in [-0.25, -0.2) is 0 Å². The van der Waals surface area contributed by atoms with Crippen LogP contribution >= 0.6 is 0 Å². The third-order valence-corrected chi connectivity index (χ3v) is 6.19. The molecule has 0 saturated carbocycles. The third kappa shape index (κ3) is 3.64. The predicted molar refractivity (Wildman–Crippen MR) is 117 cm³/mol. The van der Waals surface area contributed by atoms with Gasteiger partial charge in [0, 0.05) is 87.3 Å². The summed E-state index contributed by atoms with van der Waals surface area (Å²) in [5.74, 6) is 0. The van der Waals surface area contributed by atoms with Crippen LogP contribution in [0.2, 0.25) is 0 Å². The number of aliphatic imine (C=N–C) groups is 1. The van der Waals surface area contributed by atoms with Crippen molar-refractivity contribution in [2.24, 2.45) is 4.99 Å². The summed E-state index contributed by atoms with van der Waals surface area (Å²) >= 11 is 0. The van der Waals surface area contributed by atoms with Crippen molar-refractivity contribution in [3.05, 3.63) is 54.2 Å². The lowest BCUT2D eigenvalue weighted by Gasteiger charge is -2.37. The van der Waals surface area contributed by atoms with E-state index in [0.717, 1.165) is 65.4 Å². The van der Waals surface area contributed by atoms with Crippen molar-refractivity contribution in [1.82, 2.24) is 15.1 Å². The van der Waals surface area contributed by atoms with E-state index >= 15 is 0 Å². The summed E-state index contributed by atoms with van der Waals surface area (Å²) in [6.45, 7) is 9.50. The molecule has 0 aromatic heterocycles. The van der Waals surface area contributed by atoms with E-state index in [-0.39, 0.29) is 0 Å². The molecule has 0 unspecified atom stereocenters. The van der Waals surface area contributed by atoms with E-state index in [1.165, 1.54) is 27.7 Å². The Morgan fingerprint density at radius 3 is 2.71 bits per heavy atom. The van der Waals surface area contributed by atoms with E-state index in [4.69, 9.17) is 4.99 Å². The van der Waals surface area contributed by atoms with E-state index in [2.05, 4.69) is 68.7 Å². The highest BCUT2D eigenvalue weighted by Gasteiger charge is 2.21. The molecule has 5 heteroatoms. The first-order valence-corrected chi connectivity index (χ1v) is 10.5. The lowest BCUT2D eigenvalue weighted by molar-refractivity contribution is 0.226. The van der Waals surface area contributed by atoms with Crippen LogP contribution in [0.5, 0.6) is 0 Å². The van der Waals surface area contributed by atoms with Gasteiger partial charge in [-0.2, -0.15) is 0 Å². The highest BCUT2D eigenvalue weighted by Crippen LogP contribution is 2.27. The van der Waals surface area contributed by atoms with Crippen molar-refractivity contribution in [2.45, 2.75) is 6.42 Å². The first-order chi connectivity index (χ1) is 13.9. The third-order valence-electron chi connectivity index (χ3n) is 6.19. The monoisotopic (exact) mass is 375 g/mol. The highest BCUT2D eigenvalue weighted by atomic mass is 15.3. The Labute approximate surface area is 167 Å². The van der Waals surface area contributed by atoms with Gasteiger partial charge in [0.1, 0.15) is 6.67 Å². The zero-order valence-electron chi connectivity index (χ0n) is 16.5. The molecule has 2 fully saturated rings. The molecule has 0 radical (unpaired) electrons. The van der Waals surface area contributed by atoms with Crippen LogP contribution in [0.15, 0.2) is 59.2 Å². The maximum absolute atomic E-state index is 4.78. The number of nitrogens with one attached hydrogen (secondary N) is 1. The Hall–Kier alpha value is -2.37. The van der Waals surface area contributed by atoms with Gasteiger partial charge in [-0.1, -0.05) is 36.4 Å². The second-order valence-electron chi connectivity index (χ2n) is 7.97. The number of anilines is 1. The minimum absolute atomic E-state index is 0.828. The van der Waals surface area contributed by atoms with Crippen LogP contribution in [-0.4, -0.2) is 74.5 Å². The highest BCUT2D eigenvalue weighted by molar-refractivity contribution is 6.01. The van der Waals surface area contributed by atoms with E-state index in [9.17, 15) is 0 Å². The van der Waals surface area contributed by atoms with Gasteiger partial charge in [-0.15, -0.1) is 0 Å². The zero-order valence-corrected chi connectivity index (χ0v) is 16.5. The van der Waals surface area contributed by atoms with Crippen LogP contribution in [0.1, 0.15) is 6.42 Å². The van der Waals surface area contributed by atoms with Crippen molar-refractivity contribution >= 4 is 22.2 Å². The van der Waals surface area contributed by atoms with Crippen molar-refractivity contribution in [3.63, 3.8) is 0 Å². The molecule has 0 bridgehead atoms. The Bertz CT molecular complexity index is 890. The summed E-state index contributed by atoms with van der Waals surface area (Å²) in [6.07, 6.45) is 3.41. The average molecular weight is 376 g/mol. The second-order valence-corrected chi connectivity index (χ2v) is 7.97. The van der Waals surface area contributed by atoms with Crippen LogP contribution < -0.4 is 10.2 Å². The van der Waals surface area contributed by atoms with Crippen molar-refractivity contribution < 1.29 is 0 Å². The molecule has 5 nitrogen and oxygen atoms in total. The van der Waals surface area contributed by atoms with Gasteiger partial charge < -0.3 is 15.1 Å². The topological polar surface area (TPSA) is 34.1 Å². The quantitative estimate of drug-likeness (QED) is 0.891. The van der Waals surface area contributed by atoms with Crippen molar-refractivity contribution in [3.8, 4) is 0 Å². The zero-order chi connectivity index (χ0) is 18.8. The standard InChI is InChI=1S/C23H29N5/c1-2-6-21-19(4-1)5-3-7-23(21)28-14-12-26(13-15-28)10-11-27-17-20-16-24-9-8-22(20)25-18-27/h1-7,17,24H,8-16,18H2. The fourth-order valence-corrected chi connectivity index (χ4v) is 4.53. The fraction of sp³-hybridized carbons (Fsp3) is 0.435. The average Bonchev–Trinajstić information content (AvgIpc) is 2.77. The minimum atomic E-state index is 0.828. The van der Waals surface area contributed by atoms with Gasteiger partial charge in [-0.3, -0.25) is 9.89 Å². The summed E-state index contributed by atoms with van der Waals surface area (Å²) in [5.41, 5.74) is 4.09. The summed E-state index contributed by atoms with van der Waals surface area (Å²) in [6, 6.07) is 15.4. The molecule has 28 heavy (non-hydrogen) atoms. The number of rotatable bonds is 4. The van der Waals surface area contributed by atoms with Gasteiger partial charge in [0.15, 0.2) is 0 Å². The minimum Gasteiger partial charge on any atom is -0.368 e. The molecule has 3 aliphatic heterocycles. The normalized spacial score (nSPS) is 20.7. The molecule has 2 aromatic carbocycles. The summed E-state index contributed by atoms with van der Waals surface area (Å²) in [4.78, 5) is 12.3. The molecule has 2 aromatic rings. The second kappa shape index (κ2) is 7.94. The van der Waals surface area contributed by atoms with Gasteiger partial charge in [-0.05, 0) is 11.5 Å². The first-order valence-electron chi connectivity index (χ1n) is 10.5. The summed E-state index contributed by atoms with van der Waals surface area (Å²) in [7, 11) is 0. The van der Waals surface area contributed by atoms with E-state index < -0.39 is 0 Å². The number of piperazine rings is 1. The SMILES string of the molecule is C1=C2CNCCC2=NCN1CCN1CCN(c2cccc3ccccc23)CC1. The number of nitrogens with zero attached hydrogens (tertiary/aromatic N) is 4. The molecular weight excluding hydrogens is 346 g/mol. The smallest absolute Gasteiger partial charge is 0.110 e. The van der Waals surface area contributed by atoms with Crippen LogP contribution in [0.3, 0.4) is 0 Å². The van der Waals surface area contributed by atoms with Crippen LogP contribution in [-0.2, 0) is 0 Å². The van der Waals surface area contributed by atoms with Crippen LogP contribution in [0.4, 0.5) is 5.69 Å². The maximum Gasteiger partial charge on any atom is 0.110 e. The van der Waals surface area contributed by atoms with Crippen LogP contribution in [0, 0.1) is 0 Å². The molecule has 0 aliphatic carbocycles. The molecule has 5 rings (SSSR count). The molecule has 1 N–H and O–H groups in total. The summed E-state index contributed by atoms with van der Waals surface area (Å²) < 4.78 is 0. The van der Waals surface area contributed by atoms with E-state index in [1.807, 2.05) is 0 Å². The number of piperidine rings is 1. The van der Waals surface area contributed by atoms with Gasteiger partial charge >= 0.3 is 0 Å². The molecule has 3 aliphatic rings. The number of benzene rings is 2. The predicted octanol–water partition coefficient (Wildman–Crippen LogP) is 2.55. The molecule has 146 valence electrons. The largest absolute Gasteiger partial charge is 0.368 e. The number of fused-ring (bicyclic) bond motifs is 2. The Kier molecular flexibility index (Phi) is 5.02. The number of hydrogen-bond donors (Lipinski definition) is 1. The number of hydrogen-bond acceptors (Lipinski definition) is 5. The summed E-state index contributed by atoms with van der Waals surface area (Å²) in [5, 5.41) is 6.15. The van der Waals surface area contributed by atoms with Crippen molar-refractivity contribution in [1.29, 1.82) is 0 Å². The molecule has 3 heterocycles. The van der Waals surface area contributed by atoms with Gasteiger partial charge in [0.2, 0.25) is 0 Å². The molecule has 0 atom stereocenters. The molecular formula is C23H29N5. The molecule has 0 amide bonds. The van der Waals surface area contributed by atoms with E-state index in [1.54, 1.807) is 0 Å². The fourth-order valence-electron chi connectivity index (χ4n) is 4.53. The Balaban J connectivity index is 1.16. The van der Waals surface area contributed by atoms with Gasteiger partial charge in [0.05, 0.1) is 0 Å². The molecule has 2 saturated heterocycles. The first kappa shape index (κ1) is 17.7. The van der Waals surface area contributed by atoms with Gasteiger partial charge in [0.25, 0.3) is 0 Å². The Morgan fingerprint density at radius 1 is 0.929 bits per heavy atom. The maximum atomic E-state index is 4.78. The van der Waals surface area contributed by atoms with Crippen molar-refractivity contribution in [2.75, 3.05) is 63.9 Å². The lowest BCUT2D eigenvalue weighted by atomic mass is 10.0. The van der Waals surface area contributed by atoms with E-state index in [0.29, 0.717) is 0 Å². The Morgan fingerprint density at radius 2 is 1.79 bits per heavy atom.